The second-order valence-corrected chi connectivity index (χ2v) is 7.54. The Morgan fingerprint density at radius 2 is 1.57 bits per heavy atom. The zero-order chi connectivity index (χ0) is 19.2. The highest BCUT2D eigenvalue weighted by molar-refractivity contribution is 5.84. The third kappa shape index (κ3) is 3.53. The van der Waals surface area contributed by atoms with Gasteiger partial charge in [0, 0.05) is 12.3 Å². The Morgan fingerprint density at radius 1 is 0.893 bits per heavy atom. The van der Waals surface area contributed by atoms with Crippen LogP contribution in [0.1, 0.15) is 35.6 Å². The second kappa shape index (κ2) is 8.53. The molecular weight excluding hydrogens is 340 g/mol. The number of nitrogens with one attached hydrogen (secondary N) is 1. The van der Waals surface area contributed by atoms with E-state index in [1.165, 1.54) is 22.3 Å². The summed E-state index contributed by atoms with van der Waals surface area (Å²) >= 11 is 0. The molecule has 0 amide bonds. The fourth-order valence-corrected chi connectivity index (χ4v) is 4.57. The van der Waals surface area contributed by atoms with Crippen LogP contribution in [-0.2, 0) is 11.8 Å². The number of fused-ring (bicyclic) bond motifs is 1. The van der Waals surface area contributed by atoms with Crippen molar-refractivity contribution >= 4 is 6.21 Å². The van der Waals surface area contributed by atoms with Crippen LogP contribution in [0.25, 0.3) is 0 Å². The maximum atomic E-state index is 4.82. The van der Waals surface area contributed by atoms with E-state index >= 15 is 0 Å². The molecule has 1 aliphatic rings. The SMILES string of the molecule is CCC(NCCc1ccccc1)C1(c2ccccc2)CN=Cc2ccccc21. The summed E-state index contributed by atoms with van der Waals surface area (Å²) in [5.41, 5.74) is 5.20. The Bertz CT molecular complexity index is 917. The Hall–Kier alpha value is -2.71. The van der Waals surface area contributed by atoms with E-state index in [4.69, 9.17) is 4.99 Å². The van der Waals surface area contributed by atoms with Gasteiger partial charge in [0.15, 0.2) is 0 Å². The van der Waals surface area contributed by atoms with Crippen LogP contribution in [0, 0.1) is 0 Å². The lowest BCUT2D eigenvalue weighted by Gasteiger charge is -2.43. The standard InChI is InChI=1S/C26H28N2/c1-2-25(28-18-17-21-11-5-3-6-12-21)26(23-14-7-4-8-15-23)20-27-19-22-13-9-10-16-24(22)26/h3-16,19,25,28H,2,17-18,20H2,1H3. The Morgan fingerprint density at radius 3 is 2.32 bits per heavy atom. The molecule has 2 unspecified atom stereocenters. The largest absolute Gasteiger partial charge is 0.312 e. The molecule has 2 heteroatoms. The molecule has 4 rings (SSSR count). The van der Waals surface area contributed by atoms with Crippen LogP contribution in [0.3, 0.4) is 0 Å². The maximum Gasteiger partial charge on any atom is 0.0556 e. The lowest BCUT2D eigenvalue weighted by molar-refractivity contribution is 0.337. The molecule has 3 aromatic carbocycles. The van der Waals surface area contributed by atoms with Gasteiger partial charge >= 0.3 is 0 Å². The number of hydrogen-bond acceptors (Lipinski definition) is 2. The Kier molecular flexibility index (Phi) is 5.68. The minimum absolute atomic E-state index is 0.141. The quantitative estimate of drug-likeness (QED) is 0.622. The summed E-state index contributed by atoms with van der Waals surface area (Å²) in [5.74, 6) is 0. The normalized spacial score (nSPS) is 19.2. The molecule has 3 aromatic rings. The molecule has 0 aromatic heterocycles. The van der Waals surface area contributed by atoms with Gasteiger partial charge in [0.25, 0.3) is 0 Å². The van der Waals surface area contributed by atoms with Crippen molar-refractivity contribution in [1.29, 1.82) is 0 Å². The van der Waals surface area contributed by atoms with Gasteiger partial charge < -0.3 is 5.32 Å². The molecule has 0 spiro atoms. The van der Waals surface area contributed by atoms with Crippen molar-refractivity contribution in [2.45, 2.75) is 31.2 Å². The van der Waals surface area contributed by atoms with Gasteiger partial charge in [0.2, 0.25) is 0 Å². The molecular formula is C26H28N2. The third-order valence-corrected chi connectivity index (χ3v) is 5.95. The van der Waals surface area contributed by atoms with Crippen LogP contribution in [0.4, 0.5) is 0 Å². The zero-order valence-corrected chi connectivity index (χ0v) is 16.5. The predicted octanol–water partition coefficient (Wildman–Crippen LogP) is 5.02. The fraction of sp³-hybridized carbons (Fsp3) is 0.269. The maximum absolute atomic E-state index is 4.82. The van der Waals surface area contributed by atoms with Gasteiger partial charge in [-0.25, -0.2) is 0 Å². The van der Waals surface area contributed by atoms with E-state index < -0.39 is 0 Å². The predicted molar refractivity (Wildman–Crippen MR) is 118 cm³/mol. The summed E-state index contributed by atoms with van der Waals surface area (Å²) in [6.07, 6.45) is 4.12. The number of nitrogens with zero attached hydrogens (tertiary/aromatic N) is 1. The average molecular weight is 369 g/mol. The molecule has 1 heterocycles. The number of hydrogen-bond donors (Lipinski definition) is 1. The van der Waals surface area contributed by atoms with E-state index in [0.717, 1.165) is 25.9 Å². The molecule has 0 saturated carbocycles. The van der Waals surface area contributed by atoms with Crippen LogP contribution in [0.15, 0.2) is 89.9 Å². The first-order chi connectivity index (χ1) is 13.8. The van der Waals surface area contributed by atoms with Crippen LogP contribution in [-0.4, -0.2) is 25.3 Å². The van der Waals surface area contributed by atoms with Gasteiger partial charge in [0.1, 0.15) is 0 Å². The number of rotatable bonds is 7. The van der Waals surface area contributed by atoms with Crippen LogP contribution < -0.4 is 5.32 Å². The van der Waals surface area contributed by atoms with Crippen LogP contribution in [0.5, 0.6) is 0 Å². The molecule has 1 aliphatic heterocycles. The van der Waals surface area contributed by atoms with E-state index in [0.29, 0.717) is 6.04 Å². The lowest BCUT2D eigenvalue weighted by atomic mass is 9.66. The first-order valence-corrected chi connectivity index (χ1v) is 10.3. The molecule has 142 valence electrons. The highest BCUT2D eigenvalue weighted by Crippen LogP contribution is 2.40. The smallest absolute Gasteiger partial charge is 0.0556 e. The number of aliphatic imine (C=N–C) groups is 1. The monoisotopic (exact) mass is 368 g/mol. The molecule has 1 N–H and O–H groups in total. The van der Waals surface area contributed by atoms with Crippen LogP contribution in [0.2, 0.25) is 0 Å². The summed E-state index contributed by atoms with van der Waals surface area (Å²) in [5, 5.41) is 3.89. The van der Waals surface area contributed by atoms with Crippen molar-refractivity contribution in [2.24, 2.45) is 4.99 Å². The highest BCUT2D eigenvalue weighted by atomic mass is 15.0. The van der Waals surface area contributed by atoms with Crippen molar-refractivity contribution in [3.05, 3.63) is 107 Å². The summed E-state index contributed by atoms with van der Waals surface area (Å²) < 4.78 is 0. The first kappa shape index (κ1) is 18.6. The van der Waals surface area contributed by atoms with Gasteiger partial charge in [-0.3, -0.25) is 4.99 Å². The average Bonchev–Trinajstić information content (AvgIpc) is 2.78. The van der Waals surface area contributed by atoms with Crippen molar-refractivity contribution < 1.29 is 0 Å². The van der Waals surface area contributed by atoms with Crippen LogP contribution >= 0.6 is 0 Å². The topological polar surface area (TPSA) is 24.4 Å². The molecule has 0 bridgehead atoms. The number of benzene rings is 3. The molecule has 2 nitrogen and oxygen atoms in total. The summed E-state index contributed by atoms with van der Waals surface area (Å²) in [4.78, 5) is 4.82. The van der Waals surface area contributed by atoms with Crippen molar-refractivity contribution in [1.82, 2.24) is 5.32 Å². The second-order valence-electron chi connectivity index (χ2n) is 7.54. The van der Waals surface area contributed by atoms with Gasteiger partial charge in [-0.05, 0) is 41.6 Å². The minimum atomic E-state index is -0.141. The van der Waals surface area contributed by atoms with E-state index in [1.54, 1.807) is 0 Å². The minimum Gasteiger partial charge on any atom is -0.312 e. The van der Waals surface area contributed by atoms with Gasteiger partial charge in [-0.2, -0.15) is 0 Å². The van der Waals surface area contributed by atoms with E-state index in [9.17, 15) is 0 Å². The van der Waals surface area contributed by atoms with E-state index in [2.05, 4.69) is 97.2 Å². The molecule has 28 heavy (non-hydrogen) atoms. The van der Waals surface area contributed by atoms with E-state index in [-0.39, 0.29) is 5.41 Å². The lowest BCUT2D eigenvalue weighted by Crippen LogP contribution is -2.53. The molecule has 0 saturated heterocycles. The third-order valence-electron chi connectivity index (χ3n) is 5.95. The summed E-state index contributed by atoms with van der Waals surface area (Å²) in [6.45, 7) is 4.03. The summed E-state index contributed by atoms with van der Waals surface area (Å²) in [7, 11) is 0. The van der Waals surface area contributed by atoms with Crippen molar-refractivity contribution in [3.63, 3.8) is 0 Å². The zero-order valence-electron chi connectivity index (χ0n) is 16.5. The first-order valence-electron chi connectivity index (χ1n) is 10.3. The van der Waals surface area contributed by atoms with Gasteiger partial charge in [-0.15, -0.1) is 0 Å². The van der Waals surface area contributed by atoms with Gasteiger partial charge in [0.05, 0.1) is 12.0 Å². The molecule has 0 aliphatic carbocycles. The fourth-order valence-electron chi connectivity index (χ4n) is 4.57. The molecule has 0 radical (unpaired) electrons. The Labute approximate surface area is 168 Å². The van der Waals surface area contributed by atoms with Crippen molar-refractivity contribution in [2.75, 3.05) is 13.1 Å². The Balaban J connectivity index is 1.68. The summed E-state index contributed by atoms with van der Waals surface area (Å²) in [6, 6.07) is 30.7. The van der Waals surface area contributed by atoms with E-state index in [1.807, 2.05) is 6.21 Å². The highest BCUT2D eigenvalue weighted by Gasteiger charge is 2.43. The molecule has 2 atom stereocenters. The molecule has 0 fully saturated rings. The van der Waals surface area contributed by atoms with Crippen molar-refractivity contribution in [3.8, 4) is 0 Å². The van der Waals surface area contributed by atoms with Gasteiger partial charge in [-0.1, -0.05) is 91.9 Å².